The van der Waals surface area contributed by atoms with Gasteiger partial charge >= 0.3 is 0 Å². The molecule has 0 aromatic heterocycles. The zero-order chi connectivity index (χ0) is 29.4. The molecule has 0 spiro atoms. The number of nitrogens with one attached hydrogen (secondary N) is 1. The highest BCUT2D eigenvalue weighted by atomic mass is 79.9. The lowest BCUT2D eigenvalue weighted by molar-refractivity contribution is -0.139. The van der Waals surface area contributed by atoms with Crippen LogP contribution in [0.2, 0.25) is 0 Å². The minimum absolute atomic E-state index is 0.00464. The SMILES string of the molecule is COc1ccc(S(=O)(=O)N(CC(=O)N(CCc2ccccc2)[C@H](C)C(=O)NC(C)C)c2ccc(C)cc2)cc1Br. The summed E-state index contributed by atoms with van der Waals surface area (Å²) in [6.45, 7) is 7.01. The molecule has 0 saturated carbocycles. The number of carbonyl (C=O) groups is 2. The van der Waals surface area contributed by atoms with E-state index in [0.29, 0.717) is 22.3 Å². The first-order chi connectivity index (χ1) is 18.9. The number of nitrogens with zero attached hydrogens (tertiary/aromatic N) is 2. The number of anilines is 1. The molecular formula is C30H36BrN3O5S. The number of ether oxygens (including phenoxy) is 1. The van der Waals surface area contributed by atoms with Gasteiger partial charge in [0.2, 0.25) is 11.8 Å². The molecule has 0 aliphatic heterocycles. The number of amides is 2. The van der Waals surface area contributed by atoms with Crippen LogP contribution in [0, 0.1) is 6.92 Å². The maximum Gasteiger partial charge on any atom is 0.264 e. The first-order valence-electron chi connectivity index (χ1n) is 13.0. The number of hydrogen-bond donors (Lipinski definition) is 1. The Morgan fingerprint density at radius 3 is 2.20 bits per heavy atom. The number of rotatable bonds is 12. The van der Waals surface area contributed by atoms with Crippen molar-refractivity contribution in [2.75, 3.05) is 24.5 Å². The smallest absolute Gasteiger partial charge is 0.264 e. The third kappa shape index (κ3) is 7.85. The molecule has 0 fully saturated rings. The van der Waals surface area contributed by atoms with E-state index in [1.54, 1.807) is 37.3 Å². The number of carbonyl (C=O) groups excluding carboxylic acids is 2. The fourth-order valence-electron chi connectivity index (χ4n) is 4.15. The van der Waals surface area contributed by atoms with Crippen molar-refractivity contribution in [3.05, 3.63) is 88.4 Å². The second-order valence-electron chi connectivity index (χ2n) is 9.81. The van der Waals surface area contributed by atoms with Gasteiger partial charge in [-0.05, 0) is 85.9 Å². The maximum atomic E-state index is 14.0. The minimum Gasteiger partial charge on any atom is -0.496 e. The van der Waals surface area contributed by atoms with Crippen molar-refractivity contribution in [1.82, 2.24) is 10.2 Å². The minimum atomic E-state index is -4.18. The Hall–Kier alpha value is -3.37. The van der Waals surface area contributed by atoms with Gasteiger partial charge < -0.3 is 15.0 Å². The third-order valence-corrected chi connectivity index (χ3v) is 8.78. The largest absolute Gasteiger partial charge is 0.496 e. The van der Waals surface area contributed by atoms with Gasteiger partial charge in [0.05, 0.1) is 22.2 Å². The Morgan fingerprint density at radius 2 is 1.62 bits per heavy atom. The molecule has 0 bridgehead atoms. The summed E-state index contributed by atoms with van der Waals surface area (Å²) in [5, 5.41) is 2.86. The number of aryl methyl sites for hydroxylation is 1. The van der Waals surface area contributed by atoms with Crippen molar-refractivity contribution in [2.24, 2.45) is 0 Å². The summed E-state index contributed by atoms with van der Waals surface area (Å²) in [4.78, 5) is 28.3. The van der Waals surface area contributed by atoms with Crippen LogP contribution in [0.25, 0.3) is 0 Å². The molecule has 3 aromatic rings. The van der Waals surface area contributed by atoms with Gasteiger partial charge in [-0.3, -0.25) is 13.9 Å². The summed E-state index contributed by atoms with van der Waals surface area (Å²) in [5.41, 5.74) is 2.29. The zero-order valence-corrected chi connectivity index (χ0v) is 25.8. The molecule has 3 aromatic carbocycles. The predicted molar refractivity (Wildman–Crippen MR) is 161 cm³/mol. The van der Waals surface area contributed by atoms with Gasteiger partial charge in [0.15, 0.2) is 0 Å². The number of hydrogen-bond acceptors (Lipinski definition) is 5. The normalized spacial score (nSPS) is 12.1. The Bertz CT molecular complexity index is 1410. The monoisotopic (exact) mass is 629 g/mol. The van der Waals surface area contributed by atoms with Crippen LogP contribution in [0.5, 0.6) is 5.75 Å². The van der Waals surface area contributed by atoms with Crippen LogP contribution in [-0.2, 0) is 26.0 Å². The van der Waals surface area contributed by atoms with Gasteiger partial charge in [-0.25, -0.2) is 8.42 Å². The molecule has 40 heavy (non-hydrogen) atoms. The van der Waals surface area contributed by atoms with E-state index >= 15 is 0 Å². The molecule has 0 unspecified atom stereocenters. The van der Waals surface area contributed by atoms with Crippen LogP contribution in [0.3, 0.4) is 0 Å². The Labute approximate surface area is 245 Å². The van der Waals surface area contributed by atoms with Crippen molar-refractivity contribution in [1.29, 1.82) is 0 Å². The molecule has 0 aliphatic carbocycles. The Morgan fingerprint density at radius 1 is 0.975 bits per heavy atom. The Kier molecular flexibility index (Phi) is 10.8. The van der Waals surface area contributed by atoms with Crippen LogP contribution >= 0.6 is 15.9 Å². The highest BCUT2D eigenvalue weighted by Gasteiger charge is 2.32. The topological polar surface area (TPSA) is 96.0 Å². The maximum absolute atomic E-state index is 14.0. The van der Waals surface area contributed by atoms with E-state index in [1.165, 1.54) is 24.1 Å². The molecule has 3 rings (SSSR count). The van der Waals surface area contributed by atoms with Gasteiger partial charge in [0, 0.05) is 12.6 Å². The van der Waals surface area contributed by atoms with E-state index in [0.717, 1.165) is 15.4 Å². The molecule has 10 heteroatoms. The van der Waals surface area contributed by atoms with Gasteiger partial charge in [0.1, 0.15) is 18.3 Å². The van der Waals surface area contributed by atoms with E-state index < -0.39 is 28.5 Å². The molecular weight excluding hydrogens is 594 g/mol. The molecule has 2 amide bonds. The average molecular weight is 631 g/mol. The highest BCUT2D eigenvalue weighted by Crippen LogP contribution is 2.31. The van der Waals surface area contributed by atoms with Crippen LogP contribution in [0.4, 0.5) is 5.69 Å². The number of methoxy groups -OCH3 is 1. The van der Waals surface area contributed by atoms with Gasteiger partial charge in [-0.1, -0.05) is 48.0 Å². The van der Waals surface area contributed by atoms with Gasteiger partial charge in [0.25, 0.3) is 10.0 Å². The summed E-state index contributed by atoms with van der Waals surface area (Å²) < 4.78 is 34.7. The second kappa shape index (κ2) is 13.8. The van der Waals surface area contributed by atoms with E-state index in [2.05, 4.69) is 21.2 Å². The van der Waals surface area contributed by atoms with E-state index in [-0.39, 0.29) is 23.4 Å². The molecule has 1 atom stereocenters. The Balaban J connectivity index is 2.00. The van der Waals surface area contributed by atoms with E-state index in [9.17, 15) is 18.0 Å². The highest BCUT2D eigenvalue weighted by molar-refractivity contribution is 9.10. The standard InChI is InChI=1S/C30H36BrN3O5S/c1-21(2)32-30(36)23(4)33(18-17-24-9-7-6-8-10-24)29(35)20-34(25-13-11-22(3)12-14-25)40(37,38)26-15-16-28(39-5)27(31)19-26/h6-16,19,21,23H,17-18,20H2,1-5H3,(H,32,36)/t23-/m1/s1. The lowest BCUT2D eigenvalue weighted by Gasteiger charge is -2.32. The van der Waals surface area contributed by atoms with E-state index in [4.69, 9.17) is 4.74 Å². The lowest BCUT2D eigenvalue weighted by atomic mass is 10.1. The second-order valence-corrected chi connectivity index (χ2v) is 12.5. The summed E-state index contributed by atoms with van der Waals surface area (Å²) >= 11 is 3.36. The van der Waals surface area contributed by atoms with Crippen LogP contribution in [0.15, 0.2) is 82.2 Å². The van der Waals surface area contributed by atoms with Gasteiger partial charge in [-0.15, -0.1) is 0 Å². The number of benzene rings is 3. The average Bonchev–Trinajstić information content (AvgIpc) is 2.92. The van der Waals surface area contributed by atoms with E-state index in [1.807, 2.05) is 51.1 Å². The summed E-state index contributed by atoms with van der Waals surface area (Å²) in [5.74, 6) is -0.312. The molecule has 8 nitrogen and oxygen atoms in total. The molecule has 0 saturated heterocycles. The molecule has 0 heterocycles. The van der Waals surface area contributed by atoms with Gasteiger partial charge in [-0.2, -0.15) is 0 Å². The molecule has 0 aliphatic rings. The van der Waals surface area contributed by atoms with Crippen molar-refractivity contribution in [2.45, 2.75) is 51.1 Å². The number of sulfonamides is 1. The predicted octanol–water partition coefficient (Wildman–Crippen LogP) is 4.95. The van der Waals surface area contributed by atoms with Crippen LogP contribution in [0.1, 0.15) is 31.9 Å². The summed E-state index contributed by atoms with van der Waals surface area (Å²) in [7, 11) is -2.68. The van der Waals surface area contributed by atoms with Crippen molar-refractivity contribution < 1.29 is 22.7 Å². The summed E-state index contributed by atoms with van der Waals surface area (Å²) in [6, 6.07) is 20.1. The van der Waals surface area contributed by atoms with Crippen molar-refractivity contribution in [3.8, 4) is 5.75 Å². The first kappa shape index (κ1) is 31.2. The first-order valence-corrected chi connectivity index (χ1v) is 15.2. The third-order valence-electron chi connectivity index (χ3n) is 6.39. The van der Waals surface area contributed by atoms with Crippen molar-refractivity contribution >= 4 is 43.5 Å². The quantitative estimate of drug-likeness (QED) is 0.306. The fraction of sp³-hybridized carbons (Fsp3) is 0.333. The molecule has 0 radical (unpaired) electrons. The van der Waals surface area contributed by atoms with Crippen molar-refractivity contribution in [3.63, 3.8) is 0 Å². The van der Waals surface area contributed by atoms with Crippen LogP contribution in [-0.4, -0.2) is 57.4 Å². The molecule has 214 valence electrons. The zero-order valence-electron chi connectivity index (χ0n) is 23.4. The fourth-order valence-corrected chi connectivity index (χ4v) is 6.28. The summed E-state index contributed by atoms with van der Waals surface area (Å²) in [6.07, 6.45) is 0.509. The van der Waals surface area contributed by atoms with Crippen LogP contribution < -0.4 is 14.4 Å². The number of halogens is 1. The lowest BCUT2D eigenvalue weighted by Crippen LogP contribution is -2.53. The molecule has 1 N–H and O–H groups in total.